The van der Waals surface area contributed by atoms with E-state index in [0.29, 0.717) is 12.4 Å². The molecule has 2 rings (SSSR count). The lowest BCUT2D eigenvalue weighted by Gasteiger charge is -2.08. The molecule has 5 heteroatoms. The highest BCUT2D eigenvalue weighted by molar-refractivity contribution is 5.34. The van der Waals surface area contributed by atoms with Crippen molar-refractivity contribution < 1.29 is 13.5 Å². The molecule has 0 bridgehead atoms. The fraction of sp³-hybridized carbons (Fsp3) is 0.154. The van der Waals surface area contributed by atoms with Gasteiger partial charge in [0.05, 0.1) is 0 Å². The van der Waals surface area contributed by atoms with E-state index < -0.39 is 11.6 Å². The van der Waals surface area contributed by atoms with Crippen molar-refractivity contribution >= 4 is 0 Å². The minimum Gasteiger partial charge on any atom is -0.439 e. The topological polar surface area (TPSA) is 48.1 Å². The number of hydrogen-bond donors (Lipinski definition) is 1. The molecular formula is C13H12F2N2O. The van der Waals surface area contributed by atoms with Gasteiger partial charge in [-0.1, -0.05) is 0 Å². The Morgan fingerprint density at radius 2 is 1.83 bits per heavy atom. The van der Waals surface area contributed by atoms with Crippen molar-refractivity contribution in [1.29, 1.82) is 0 Å². The third-order valence-corrected chi connectivity index (χ3v) is 2.37. The zero-order valence-corrected chi connectivity index (χ0v) is 9.78. The Morgan fingerprint density at radius 1 is 1.17 bits per heavy atom. The zero-order chi connectivity index (χ0) is 13.1. The first-order valence-electron chi connectivity index (χ1n) is 5.38. The van der Waals surface area contributed by atoms with Gasteiger partial charge in [-0.3, -0.25) is 0 Å². The van der Waals surface area contributed by atoms with Crippen molar-refractivity contribution in [3.8, 4) is 11.6 Å². The van der Waals surface area contributed by atoms with Gasteiger partial charge in [0, 0.05) is 36.5 Å². The fourth-order valence-electron chi connectivity index (χ4n) is 1.54. The average Bonchev–Trinajstić information content (AvgIpc) is 2.30. The normalized spacial score (nSPS) is 10.4. The molecule has 0 unspecified atom stereocenters. The standard InChI is InChI=1S/C13H12F2N2O/c1-8-2-9(6-16)7-17-13(8)18-12-4-10(14)3-11(15)5-12/h2-5,7H,6,16H2,1H3. The van der Waals surface area contributed by atoms with E-state index >= 15 is 0 Å². The van der Waals surface area contributed by atoms with Crippen LogP contribution in [0.4, 0.5) is 8.78 Å². The molecule has 0 amide bonds. The molecule has 2 N–H and O–H groups in total. The van der Waals surface area contributed by atoms with Gasteiger partial charge in [-0.25, -0.2) is 13.8 Å². The Kier molecular flexibility index (Phi) is 3.53. The first-order chi connectivity index (χ1) is 8.58. The number of pyridine rings is 1. The number of aryl methyl sites for hydroxylation is 1. The van der Waals surface area contributed by atoms with Crippen molar-refractivity contribution in [2.45, 2.75) is 13.5 Å². The van der Waals surface area contributed by atoms with E-state index in [9.17, 15) is 8.78 Å². The van der Waals surface area contributed by atoms with Gasteiger partial charge in [0.2, 0.25) is 5.88 Å². The molecule has 0 fully saturated rings. The highest BCUT2D eigenvalue weighted by Gasteiger charge is 2.07. The maximum absolute atomic E-state index is 13.0. The lowest BCUT2D eigenvalue weighted by atomic mass is 10.2. The third-order valence-electron chi connectivity index (χ3n) is 2.37. The van der Waals surface area contributed by atoms with Crippen molar-refractivity contribution in [2.75, 3.05) is 0 Å². The van der Waals surface area contributed by atoms with Crippen molar-refractivity contribution in [3.05, 3.63) is 53.2 Å². The summed E-state index contributed by atoms with van der Waals surface area (Å²) in [6.45, 7) is 2.17. The van der Waals surface area contributed by atoms with Gasteiger partial charge in [0.1, 0.15) is 17.4 Å². The predicted molar refractivity (Wildman–Crippen MR) is 63.3 cm³/mol. The predicted octanol–water partition coefficient (Wildman–Crippen LogP) is 2.92. The molecule has 1 aromatic carbocycles. The first-order valence-corrected chi connectivity index (χ1v) is 5.38. The summed E-state index contributed by atoms with van der Waals surface area (Å²) in [5, 5.41) is 0. The number of rotatable bonds is 3. The first kappa shape index (κ1) is 12.4. The van der Waals surface area contributed by atoms with Gasteiger partial charge in [-0.2, -0.15) is 0 Å². The van der Waals surface area contributed by atoms with Crippen LogP contribution in [0.1, 0.15) is 11.1 Å². The second-order valence-electron chi connectivity index (χ2n) is 3.88. The zero-order valence-electron chi connectivity index (χ0n) is 9.78. The molecule has 1 heterocycles. The molecule has 0 saturated carbocycles. The maximum Gasteiger partial charge on any atom is 0.222 e. The van der Waals surface area contributed by atoms with Crippen LogP contribution in [0, 0.1) is 18.6 Å². The molecule has 1 aromatic heterocycles. The Hall–Kier alpha value is -2.01. The van der Waals surface area contributed by atoms with E-state index in [4.69, 9.17) is 10.5 Å². The van der Waals surface area contributed by atoms with Gasteiger partial charge < -0.3 is 10.5 Å². The molecule has 94 valence electrons. The molecule has 0 spiro atoms. The highest BCUT2D eigenvalue weighted by Crippen LogP contribution is 2.24. The molecule has 0 aliphatic carbocycles. The molecule has 0 radical (unpaired) electrons. The SMILES string of the molecule is Cc1cc(CN)cnc1Oc1cc(F)cc(F)c1. The summed E-state index contributed by atoms with van der Waals surface area (Å²) in [5.74, 6) is -1.01. The maximum atomic E-state index is 13.0. The fourth-order valence-corrected chi connectivity index (χ4v) is 1.54. The quantitative estimate of drug-likeness (QED) is 0.911. The van der Waals surface area contributed by atoms with Gasteiger partial charge in [-0.15, -0.1) is 0 Å². The van der Waals surface area contributed by atoms with E-state index in [0.717, 1.165) is 29.3 Å². The van der Waals surface area contributed by atoms with Crippen LogP contribution in [0.3, 0.4) is 0 Å². The number of halogens is 2. The van der Waals surface area contributed by atoms with E-state index in [1.54, 1.807) is 13.1 Å². The summed E-state index contributed by atoms with van der Waals surface area (Å²) in [6, 6.07) is 4.80. The molecule has 0 aliphatic rings. The summed E-state index contributed by atoms with van der Waals surface area (Å²) in [6.07, 6.45) is 1.57. The number of ether oxygens (including phenoxy) is 1. The molecule has 18 heavy (non-hydrogen) atoms. The van der Waals surface area contributed by atoms with Crippen molar-refractivity contribution in [1.82, 2.24) is 4.98 Å². The Bertz CT molecular complexity index is 553. The smallest absolute Gasteiger partial charge is 0.222 e. The summed E-state index contributed by atoms with van der Waals surface area (Å²) >= 11 is 0. The number of aromatic nitrogens is 1. The minimum atomic E-state index is -0.693. The number of benzene rings is 1. The van der Waals surface area contributed by atoms with Crippen LogP contribution in [0.5, 0.6) is 11.6 Å². The third kappa shape index (κ3) is 2.81. The van der Waals surface area contributed by atoms with Crippen LogP contribution in [0.15, 0.2) is 30.5 Å². The van der Waals surface area contributed by atoms with Crippen LogP contribution in [0.2, 0.25) is 0 Å². The van der Waals surface area contributed by atoms with E-state index in [-0.39, 0.29) is 5.75 Å². The molecule has 2 aromatic rings. The van der Waals surface area contributed by atoms with Gasteiger partial charge >= 0.3 is 0 Å². The van der Waals surface area contributed by atoms with Crippen LogP contribution >= 0.6 is 0 Å². The van der Waals surface area contributed by atoms with E-state index in [1.165, 1.54) is 0 Å². The molecule has 0 aliphatic heterocycles. The van der Waals surface area contributed by atoms with Crippen molar-refractivity contribution in [3.63, 3.8) is 0 Å². The molecule has 0 saturated heterocycles. The average molecular weight is 250 g/mol. The summed E-state index contributed by atoms with van der Waals surface area (Å²) < 4.78 is 31.3. The minimum absolute atomic E-state index is 0.0728. The Labute approximate surface area is 103 Å². The second-order valence-corrected chi connectivity index (χ2v) is 3.88. The van der Waals surface area contributed by atoms with E-state index in [2.05, 4.69) is 4.98 Å². The van der Waals surface area contributed by atoms with Crippen LogP contribution in [0.25, 0.3) is 0 Å². The Balaban J connectivity index is 2.28. The second kappa shape index (κ2) is 5.10. The lowest BCUT2D eigenvalue weighted by Crippen LogP contribution is -1.99. The van der Waals surface area contributed by atoms with Gasteiger partial charge in [0.15, 0.2) is 0 Å². The van der Waals surface area contributed by atoms with E-state index in [1.807, 2.05) is 6.07 Å². The monoisotopic (exact) mass is 250 g/mol. The Morgan fingerprint density at radius 3 is 2.39 bits per heavy atom. The lowest BCUT2D eigenvalue weighted by molar-refractivity contribution is 0.447. The highest BCUT2D eigenvalue weighted by atomic mass is 19.1. The van der Waals surface area contributed by atoms with Crippen LogP contribution in [-0.2, 0) is 6.54 Å². The van der Waals surface area contributed by atoms with Crippen LogP contribution < -0.4 is 10.5 Å². The molecular weight excluding hydrogens is 238 g/mol. The van der Waals surface area contributed by atoms with Crippen molar-refractivity contribution in [2.24, 2.45) is 5.73 Å². The summed E-state index contributed by atoms with van der Waals surface area (Å²) in [4.78, 5) is 4.06. The largest absolute Gasteiger partial charge is 0.439 e. The van der Waals surface area contributed by atoms with Gasteiger partial charge in [0.25, 0.3) is 0 Å². The number of nitrogens with two attached hydrogens (primary N) is 1. The van der Waals surface area contributed by atoms with Crippen LogP contribution in [-0.4, -0.2) is 4.98 Å². The van der Waals surface area contributed by atoms with Gasteiger partial charge in [-0.05, 0) is 18.6 Å². The summed E-state index contributed by atoms with van der Waals surface area (Å²) in [5.41, 5.74) is 7.10. The molecule has 3 nitrogen and oxygen atoms in total. The number of nitrogens with zero attached hydrogens (tertiary/aromatic N) is 1. The summed E-state index contributed by atoms with van der Waals surface area (Å²) in [7, 11) is 0. The molecule has 0 atom stereocenters. The number of hydrogen-bond acceptors (Lipinski definition) is 3.